The molecule has 4 heterocycles. The van der Waals surface area contributed by atoms with Crippen LogP contribution in [0.5, 0.6) is 0 Å². The normalized spacial score (nSPS) is 18.5. The van der Waals surface area contributed by atoms with Crippen molar-refractivity contribution in [1.29, 1.82) is 0 Å². The van der Waals surface area contributed by atoms with Gasteiger partial charge >= 0.3 is 0 Å². The highest BCUT2D eigenvalue weighted by molar-refractivity contribution is 5.79. The Morgan fingerprint density at radius 1 is 1.22 bits per heavy atom. The molecule has 2 atom stereocenters. The third kappa shape index (κ3) is 4.02. The van der Waals surface area contributed by atoms with Gasteiger partial charge in [0.1, 0.15) is 5.82 Å². The van der Waals surface area contributed by atoms with Gasteiger partial charge in [0.15, 0.2) is 0 Å². The Kier molecular flexibility index (Phi) is 5.47. The number of benzene rings is 1. The third-order valence-electron chi connectivity index (χ3n) is 6.42. The summed E-state index contributed by atoms with van der Waals surface area (Å²) in [6.07, 6.45) is 7.42. The topological polar surface area (TPSA) is 66.8 Å². The van der Waals surface area contributed by atoms with Crippen molar-refractivity contribution >= 4 is 16.9 Å². The Labute approximate surface area is 186 Å². The summed E-state index contributed by atoms with van der Waals surface area (Å²) in [4.78, 5) is 19.5. The molecule has 0 aliphatic carbocycles. The number of amides is 1. The van der Waals surface area contributed by atoms with E-state index in [1.807, 2.05) is 29.3 Å². The molecule has 5 rings (SSSR count). The highest BCUT2D eigenvalue weighted by Gasteiger charge is 2.32. The first kappa shape index (κ1) is 20.4. The fourth-order valence-corrected chi connectivity index (χ4v) is 4.77. The summed E-state index contributed by atoms with van der Waals surface area (Å²) in [6, 6.07) is 13.0. The SMILES string of the molecule is C[C@H]1C[C@@H](Cn2ccc3nc(-c4cn[nH]c4)ccc32)CN1C(=O)CCc1ccccc1F. The Morgan fingerprint density at radius 3 is 2.91 bits per heavy atom. The van der Waals surface area contributed by atoms with Crippen molar-refractivity contribution in [3.63, 3.8) is 0 Å². The van der Waals surface area contributed by atoms with E-state index in [9.17, 15) is 9.18 Å². The molecule has 0 radical (unpaired) electrons. The molecule has 164 valence electrons. The molecule has 0 unspecified atom stereocenters. The summed E-state index contributed by atoms with van der Waals surface area (Å²) in [5, 5.41) is 6.82. The molecule has 32 heavy (non-hydrogen) atoms. The van der Waals surface area contributed by atoms with Crippen LogP contribution < -0.4 is 0 Å². The summed E-state index contributed by atoms with van der Waals surface area (Å²) in [5.41, 5.74) is 4.51. The van der Waals surface area contributed by atoms with E-state index in [4.69, 9.17) is 4.98 Å². The zero-order valence-electron chi connectivity index (χ0n) is 18.0. The van der Waals surface area contributed by atoms with Gasteiger partial charge in [-0.3, -0.25) is 9.89 Å². The average Bonchev–Trinajstić information content (AvgIpc) is 3.54. The van der Waals surface area contributed by atoms with E-state index in [0.717, 1.165) is 41.8 Å². The van der Waals surface area contributed by atoms with Crippen molar-refractivity contribution in [1.82, 2.24) is 24.6 Å². The van der Waals surface area contributed by atoms with E-state index in [1.165, 1.54) is 6.07 Å². The quantitative estimate of drug-likeness (QED) is 0.491. The van der Waals surface area contributed by atoms with Crippen LogP contribution in [-0.4, -0.2) is 43.1 Å². The first-order valence-electron chi connectivity index (χ1n) is 11.1. The van der Waals surface area contributed by atoms with Gasteiger partial charge in [0.25, 0.3) is 0 Å². The van der Waals surface area contributed by atoms with Crippen LogP contribution in [0.1, 0.15) is 25.3 Å². The number of hydrogen-bond acceptors (Lipinski definition) is 3. The monoisotopic (exact) mass is 431 g/mol. The lowest BCUT2D eigenvalue weighted by atomic mass is 10.1. The van der Waals surface area contributed by atoms with Crippen molar-refractivity contribution in [2.24, 2.45) is 5.92 Å². The minimum atomic E-state index is -0.239. The molecule has 1 amide bonds. The van der Waals surface area contributed by atoms with Gasteiger partial charge in [0, 0.05) is 43.5 Å². The van der Waals surface area contributed by atoms with Gasteiger partial charge in [0.2, 0.25) is 5.91 Å². The number of halogens is 1. The zero-order valence-corrected chi connectivity index (χ0v) is 18.0. The standard InChI is InChI=1S/C25H26FN5O/c1-17-12-18(16-31(17)25(32)9-6-19-4-2-3-5-21(19)26)15-30-11-10-23-24(30)8-7-22(29-23)20-13-27-28-14-20/h2-5,7-8,10-11,13-14,17-18H,6,9,12,15-16H2,1H3,(H,27,28)/t17-,18-/m0/s1. The number of rotatable bonds is 6. The molecule has 3 aromatic heterocycles. The summed E-state index contributed by atoms with van der Waals surface area (Å²) in [7, 11) is 0. The van der Waals surface area contributed by atoms with Crippen molar-refractivity contribution in [2.75, 3.05) is 6.54 Å². The highest BCUT2D eigenvalue weighted by atomic mass is 19.1. The van der Waals surface area contributed by atoms with Crippen LogP contribution in [0, 0.1) is 11.7 Å². The van der Waals surface area contributed by atoms with Crippen LogP contribution in [0.2, 0.25) is 0 Å². The predicted octanol–water partition coefficient (Wildman–Crippen LogP) is 4.44. The largest absolute Gasteiger partial charge is 0.346 e. The second kappa shape index (κ2) is 8.57. The van der Waals surface area contributed by atoms with Crippen LogP contribution in [0.4, 0.5) is 4.39 Å². The van der Waals surface area contributed by atoms with Gasteiger partial charge in [-0.2, -0.15) is 5.10 Å². The van der Waals surface area contributed by atoms with Crippen LogP contribution in [0.25, 0.3) is 22.3 Å². The summed E-state index contributed by atoms with van der Waals surface area (Å²) in [5.74, 6) is 0.246. The van der Waals surface area contributed by atoms with Crippen molar-refractivity contribution in [2.45, 2.75) is 38.8 Å². The Hall–Kier alpha value is -3.48. The molecule has 0 saturated carbocycles. The molecular formula is C25H26FN5O. The molecule has 1 fully saturated rings. The fourth-order valence-electron chi connectivity index (χ4n) is 4.77. The number of aromatic amines is 1. The molecule has 1 saturated heterocycles. The lowest BCUT2D eigenvalue weighted by molar-refractivity contribution is -0.131. The number of fused-ring (bicyclic) bond motifs is 1. The number of H-pyrrole nitrogens is 1. The third-order valence-corrected chi connectivity index (χ3v) is 6.42. The minimum absolute atomic E-state index is 0.104. The maximum atomic E-state index is 13.9. The molecule has 1 aliphatic heterocycles. The van der Waals surface area contributed by atoms with E-state index in [1.54, 1.807) is 18.3 Å². The lowest BCUT2D eigenvalue weighted by Gasteiger charge is -2.21. The Balaban J connectivity index is 1.23. The molecule has 4 aromatic rings. The maximum Gasteiger partial charge on any atom is 0.223 e. The second-order valence-corrected chi connectivity index (χ2v) is 8.64. The molecule has 1 aromatic carbocycles. The average molecular weight is 432 g/mol. The van der Waals surface area contributed by atoms with Crippen LogP contribution >= 0.6 is 0 Å². The van der Waals surface area contributed by atoms with E-state index in [0.29, 0.717) is 24.3 Å². The fraction of sp³-hybridized carbons (Fsp3) is 0.320. The van der Waals surface area contributed by atoms with Gasteiger partial charge in [0.05, 0.1) is 22.9 Å². The summed E-state index contributed by atoms with van der Waals surface area (Å²) >= 11 is 0. The van der Waals surface area contributed by atoms with E-state index >= 15 is 0 Å². The maximum absolute atomic E-state index is 13.9. The molecule has 6 nitrogen and oxygen atoms in total. The van der Waals surface area contributed by atoms with Crippen molar-refractivity contribution in [3.05, 3.63) is 72.4 Å². The van der Waals surface area contributed by atoms with Gasteiger partial charge in [-0.25, -0.2) is 9.37 Å². The summed E-state index contributed by atoms with van der Waals surface area (Å²) in [6.45, 7) is 3.68. The Bertz CT molecular complexity index is 1230. The summed E-state index contributed by atoms with van der Waals surface area (Å²) < 4.78 is 16.1. The van der Waals surface area contributed by atoms with E-state index in [2.05, 4.69) is 34.0 Å². The smallest absolute Gasteiger partial charge is 0.223 e. The number of hydrogen-bond donors (Lipinski definition) is 1. The minimum Gasteiger partial charge on any atom is -0.346 e. The van der Waals surface area contributed by atoms with Crippen molar-refractivity contribution in [3.8, 4) is 11.3 Å². The number of aromatic nitrogens is 4. The second-order valence-electron chi connectivity index (χ2n) is 8.64. The molecule has 7 heteroatoms. The van der Waals surface area contributed by atoms with Gasteiger partial charge in [-0.05, 0) is 55.5 Å². The van der Waals surface area contributed by atoms with Crippen LogP contribution in [-0.2, 0) is 17.8 Å². The van der Waals surface area contributed by atoms with Crippen LogP contribution in [0.3, 0.4) is 0 Å². The lowest BCUT2D eigenvalue weighted by Crippen LogP contribution is -2.34. The number of aryl methyl sites for hydroxylation is 1. The number of pyridine rings is 1. The number of nitrogens with one attached hydrogen (secondary N) is 1. The van der Waals surface area contributed by atoms with E-state index < -0.39 is 0 Å². The van der Waals surface area contributed by atoms with Gasteiger partial charge in [-0.1, -0.05) is 18.2 Å². The van der Waals surface area contributed by atoms with Crippen molar-refractivity contribution < 1.29 is 9.18 Å². The first-order chi connectivity index (χ1) is 15.6. The van der Waals surface area contributed by atoms with E-state index in [-0.39, 0.29) is 17.8 Å². The molecule has 1 N–H and O–H groups in total. The predicted molar refractivity (Wildman–Crippen MR) is 121 cm³/mol. The number of likely N-dealkylation sites (tertiary alicyclic amines) is 1. The molecule has 0 bridgehead atoms. The molecule has 1 aliphatic rings. The number of carbonyl (C=O) groups is 1. The van der Waals surface area contributed by atoms with Gasteiger partial charge in [-0.15, -0.1) is 0 Å². The number of nitrogens with zero attached hydrogens (tertiary/aromatic N) is 4. The molecular weight excluding hydrogens is 405 g/mol. The number of carbonyl (C=O) groups excluding carboxylic acids is 1. The van der Waals surface area contributed by atoms with Gasteiger partial charge < -0.3 is 9.47 Å². The first-order valence-corrected chi connectivity index (χ1v) is 11.1. The van der Waals surface area contributed by atoms with Crippen LogP contribution in [0.15, 0.2) is 61.1 Å². The molecule has 0 spiro atoms. The zero-order chi connectivity index (χ0) is 22.1. The highest BCUT2D eigenvalue weighted by Crippen LogP contribution is 2.28. The Morgan fingerprint density at radius 2 is 2.09 bits per heavy atom.